The average molecular weight is 560 g/mol. The van der Waals surface area contributed by atoms with E-state index in [2.05, 4.69) is 14.7 Å². The molecule has 0 unspecified atom stereocenters. The van der Waals surface area contributed by atoms with Crippen LogP contribution in [-0.4, -0.2) is 40.3 Å². The highest BCUT2D eigenvalue weighted by Gasteiger charge is 2.73. The van der Waals surface area contributed by atoms with E-state index in [9.17, 15) is 53.1 Å². The Hall–Kier alpha value is -3.66. The predicted molar refractivity (Wildman–Crippen MR) is 104 cm³/mol. The van der Waals surface area contributed by atoms with Gasteiger partial charge in [-0.3, -0.25) is 4.79 Å². The van der Waals surface area contributed by atoms with Gasteiger partial charge in [0.2, 0.25) is 0 Å². The van der Waals surface area contributed by atoms with Gasteiger partial charge >= 0.3 is 30.6 Å². The number of nitrogens with zero attached hydrogens (tertiary/aromatic N) is 2. The van der Waals surface area contributed by atoms with Gasteiger partial charge in [0.05, 0.1) is 5.56 Å². The van der Waals surface area contributed by atoms with E-state index in [-0.39, 0.29) is 11.1 Å². The lowest BCUT2D eigenvalue weighted by Gasteiger charge is -2.31. The molecule has 3 aromatic rings. The van der Waals surface area contributed by atoms with Crippen molar-refractivity contribution in [3.05, 3.63) is 83.7 Å². The van der Waals surface area contributed by atoms with Gasteiger partial charge in [-0.05, 0) is 0 Å². The molecule has 0 radical (unpaired) electrons. The maximum atomic E-state index is 14.9. The van der Waals surface area contributed by atoms with Crippen LogP contribution in [0.4, 0.5) is 48.3 Å². The van der Waals surface area contributed by atoms with Gasteiger partial charge in [0.15, 0.2) is 17.3 Å². The first-order valence-corrected chi connectivity index (χ1v) is 9.89. The number of ether oxygens (including phenoxy) is 2. The largest absolute Gasteiger partial charge is 0.483 e. The molecule has 0 N–H and O–H groups in total. The minimum absolute atomic E-state index is 0.0199. The van der Waals surface area contributed by atoms with Crippen molar-refractivity contribution in [2.24, 2.45) is 0 Å². The Morgan fingerprint density at radius 2 is 1.16 bits per heavy atom. The smallest absolute Gasteiger partial charge is 0.288 e. The molecular weight excluding hydrogens is 549 g/mol. The van der Waals surface area contributed by atoms with Gasteiger partial charge in [0, 0.05) is 17.3 Å². The summed E-state index contributed by atoms with van der Waals surface area (Å²) in [4.78, 5) is 19.7. The van der Waals surface area contributed by atoms with Crippen molar-refractivity contribution in [2.45, 2.75) is 30.6 Å². The number of rotatable bonds is 9. The van der Waals surface area contributed by atoms with Gasteiger partial charge in [-0.1, -0.05) is 60.7 Å². The molecule has 2 aromatic carbocycles. The lowest BCUT2D eigenvalue weighted by molar-refractivity contribution is -0.538. The average Bonchev–Trinajstić information content (AvgIpc) is 2.82. The highest BCUT2D eigenvalue weighted by atomic mass is 19.4. The van der Waals surface area contributed by atoms with Crippen LogP contribution in [0.3, 0.4) is 0 Å². The first kappa shape index (κ1) is 28.9. The van der Waals surface area contributed by atoms with Crippen molar-refractivity contribution >= 4 is 5.78 Å². The number of hydrogen-bond acceptors (Lipinski definition) is 5. The SMILES string of the molecule is O=C(c1ccccc1)c1cnc(-c2ccccc2)nc1C(F)(F)OC(F)(F)C(F)(F)OC(F)(F)C(F)(F)F. The molecule has 0 aliphatic heterocycles. The Morgan fingerprint density at radius 3 is 1.68 bits per heavy atom. The predicted octanol–water partition coefficient (Wildman–Crippen LogP) is 6.80. The van der Waals surface area contributed by atoms with Crippen molar-refractivity contribution in [2.75, 3.05) is 0 Å². The number of hydrogen-bond donors (Lipinski definition) is 0. The number of ketones is 1. The van der Waals surface area contributed by atoms with Gasteiger partial charge in [0.25, 0.3) is 0 Å². The molecule has 0 saturated carbocycles. The zero-order valence-corrected chi connectivity index (χ0v) is 18.1. The molecule has 0 bridgehead atoms. The molecule has 16 heteroatoms. The van der Waals surface area contributed by atoms with Crippen LogP contribution in [0, 0.1) is 0 Å². The molecule has 38 heavy (non-hydrogen) atoms. The van der Waals surface area contributed by atoms with Crippen molar-refractivity contribution in [1.82, 2.24) is 9.97 Å². The fourth-order valence-electron chi connectivity index (χ4n) is 2.79. The molecule has 1 heterocycles. The molecule has 204 valence electrons. The number of halogens is 11. The molecule has 0 saturated heterocycles. The fourth-order valence-corrected chi connectivity index (χ4v) is 2.79. The van der Waals surface area contributed by atoms with Crippen LogP contribution in [0.5, 0.6) is 0 Å². The Balaban J connectivity index is 2.08. The summed E-state index contributed by atoms with van der Waals surface area (Å²) in [6.45, 7) is 0. The molecule has 5 nitrogen and oxygen atoms in total. The van der Waals surface area contributed by atoms with E-state index < -0.39 is 53.5 Å². The molecule has 0 amide bonds. The van der Waals surface area contributed by atoms with Crippen LogP contribution >= 0.6 is 0 Å². The van der Waals surface area contributed by atoms with E-state index in [1.165, 1.54) is 48.5 Å². The van der Waals surface area contributed by atoms with E-state index in [1.807, 2.05) is 4.74 Å². The summed E-state index contributed by atoms with van der Waals surface area (Å²) in [5.74, 6) is -1.96. The third kappa shape index (κ3) is 5.91. The van der Waals surface area contributed by atoms with Crippen molar-refractivity contribution in [1.29, 1.82) is 0 Å². The van der Waals surface area contributed by atoms with Crippen molar-refractivity contribution < 1.29 is 62.6 Å². The maximum absolute atomic E-state index is 14.9. The topological polar surface area (TPSA) is 61.3 Å². The molecule has 1 aromatic heterocycles. The van der Waals surface area contributed by atoms with Crippen LogP contribution < -0.4 is 0 Å². The number of benzene rings is 2. The standard InChI is InChI=1S/C22H11F11N2O3/c23-18(24,37-21(30,31)22(32,33)38-20(28,29)19(25,26)27)16-14(15(36)12-7-3-1-4-8-12)11-34-17(35-16)13-9-5-2-6-10-13/h1-11H. The summed E-state index contributed by atoms with van der Waals surface area (Å²) in [6, 6.07) is 12.9. The van der Waals surface area contributed by atoms with Crippen molar-refractivity contribution in [3.8, 4) is 11.4 Å². The van der Waals surface area contributed by atoms with Gasteiger partial charge in [-0.15, -0.1) is 0 Å². The van der Waals surface area contributed by atoms with Crippen LogP contribution in [-0.2, 0) is 15.6 Å². The summed E-state index contributed by atoms with van der Waals surface area (Å²) in [7, 11) is 0. The van der Waals surface area contributed by atoms with E-state index in [0.717, 1.165) is 12.1 Å². The van der Waals surface area contributed by atoms with E-state index in [0.29, 0.717) is 6.20 Å². The fraction of sp³-hybridized carbons (Fsp3) is 0.227. The molecular formula is C22H11F11N2O3. The molecule has 0 aliphatic rings. The Kier molecular flexibility index (Phi) is 7.53. The maximum Gasteiger partial charge on any atom is 0.483 e. The van der Waals surface area contributed by atoms with Gasteiger partial charge < -0.3 is 0 Å². The third-order valence-corrected chi connectivity index (χ3v) is 4.56. The molecule has 3 rings (SSSR count). The summed E-state index contributed by atoms with van der Waals surface area (Å²) in [5, 5.41) is 0. The zero-order chi connectivity index (χ0) is 28.6. The Bertz CT molecular complexity index is 1280. The lowest BCUT2D eigenvalue weighted by atomic mass is 10.0. The molecule has 0 spiro atoms. The number of carbonyl (C=O) groups is 1. The summed E-state index contributed by atoms with van der Waals surface area (Å²) < 4.78 is 152. The van der Waals surface area contributed by atoms with Gasteiger partial charge in [-0.2, -0.15) is 48.3 Å². The van der Waals surface area contributed by atoms with E-state index in [4.69, 9.17) is 0 Å². The first-order valence-electron chi connectivity index (χ1n) is 9.89. The molecule has 0 atom stereocenters. The molecule has 0 aliphatic carbocycles. The minimum atomic E-state index is -6.95. The Morgan fingerprint density at radius 1 is 0.658 bits per heavy atom. The second kappa shape index (κ2) is 9.90. The first-order chi connectivity index (χ1) is 17.4. The highest BCUT2D eigenvalue weighted by molar-refractivity contribution is 6.09. The van der Waals surface area contributed by atoms with Crippen LogP contribution in [0.1, 0.15) is 21.6 Å². The Labute approximate surface area is 204 Å². The quantitative estimate of drug-likeness (QED) is 0.213. The lowest BCUT2D eigenvalue weighted by Crippen LogP contribution is -2.54. The van der Waals surface area contributed by atoms with E-state index in [1.54, 1.807) is 0 Å². The third-order valence-electron chi connectivity index (χ3n) is 4.56. The second-order valence-corrected chi connectivity index (χ2v) is 7.29. The van der Waals surface area contributed by atoms with Gasteiger partial charge in [-0.25, -0.2) is 19.4 Å². The minimum Gasteiger partial charge on any atom is -0.288 e. The summed E-state index contributed by atoms with van der Waals surface area (Å²) in [6.07, 6.45) is -32.8. The van der Waals surface area contributed by atoms with Crippen molar-refractivity contribution in [3.63, 3.8) is 0 Å². The van der Waals surface area contributed by atoms with E-state index >= 15 is 0 Å². The van der Waals surface area contributed by atoms with Crippen LogP contribution in [0.2, 0.25) is 0 Å². The summed E-state index contributed by atoms with van der Waals surface area (Å²) in [5.41, 5.74) is -3.58. The zero-order valence-electron chi connectivity index (χ0n) is 18.1. The number of carbonyl (C=O) groups excluding carboxylic acids is 1. The van der Waals surface area contributed by atoms with Crippen LogP contribution in [0.15, 0.2) is 66.9 Å². The number of aromatic nitrogens is 2. The monoisotopic (exact) mass is 560 g/mol. The molecule has 0 fully saturated rings. The van der Waals surface area contributed by atoms with Crippen LogP contribution in [0.25, 0.3) is 11.4 Å². The normalized spacial score (nSPS) is 13.4. The highest BCUT2D eigenvalue weighted by Crippen LogP contribution is 2.49. The second-order valence-electron chi connectivity index (χ2n) is 7.29. The summed E-state index contributed by atoms with van der Waals surface area (Å²) >= 11 is 0. The van der Waals surface area contributed by atoms with Gasteiger partial charge in [0.1, 0.15) is 0 Å². The number of alkyl halides is 11.